The van der Waals surface area contributed by atoms with Gasteiger partial charge in [0.2, 0.25) is 0 Å². The van der Waals surface area contributed by atoms with Crippen LogP contribution in [0.2, 0.25) is 0 Å². The zero-order valence-electron chi connectivity index (χ0n) is 11.2. The Kier molecular flexibility index (Phi) is 3.94. The summed E-state index contributed by atoms with van der Waals surface area (Å²) in [5, 5.41) is 4.58. The van der Waals surface area contributed by atoms with E-state index in [1.807, 2.05) is 18.2 Å². The minimum absolute atomic E-state index is 0.150. The van der Waals surface area contributed by atoms with Crippen molar-refractivity contribution < 1.29 is 8.83 Å². The maximum absolute atomic E-state index is 6.02. The second-order valence-electron chi connectivity index (χ2n) is 4.75. The molecule has 0 aliphatic rings. The van der Waals surface area contributed by atoms with Crippen molar-refractivity contribution in [2.75, 3.05) is 6.54 Å². The second kappa shape index (κ2) is 5.85. The Balaban J connectivity index is 1.94. The zero-order valence-corrected chi connectivity index (χ0v) is 12.8. The Morgan fingerprint density at radius 2 is 2.20 bits per heavy atom. The van der Waals surface area contributed by atoms with Crippen molar-refractivity contribution in [2.45, 2.75) is 19.4 Å². The summed E-state index contributed by atoms with van der Waals surface area (Å²) in [4.78, 5) is 0. The smallest absolute Gasteiger partial charge is 0.148 e. The Morgan fingerprint density at radius 1 is 1.30 bits per heavy atom. The standard InChI is InChI=1S/C16H16BrNO2/c1-2-18-14(8-11-6-7-19-10-11)15-9-12-4-3-5-13(17)16(12)20-15/h3-7,9-10,14,18H,2,8H2,1H3. The van der Waals surface area contributed by atoms with E-state index in [-0.39, 0.29) is 6.04 Å². The first-order valence-corrected chi connectivity index (χ1v) is 7.49. The monoisotopic (exact) mass is 333 g/mol. The van der Waals surface area contributed by atoms with Crippen molar-refractivity contribution in [1.82, 2.24) is 5.32 Å². The van der Waals surface area contributed by atoms with E-state index in [0.29, 0.717) is 0 Å². The molecule has 0 fully saturated rings. The first kappa shape index (κ1) is 13.5. The summed E-state index contributed by atoms with van der Waals surface area (Å²) in [5.74, 6) is 0.954. The fourth-order valence-electron chi connectivity index (χ4n) is 2.38. The largest absolute Gasteiger partial charge is 0.472 e. The third-order valence-corrected chi connectivity index (χ3v) is 3.95. The maximum Gasteiger partial charge on any atom is 0.148 e. The fourth-order valence-corrected chi connectivity index (χ4v) is 2.85. The van der Waals surface area contributed by atoms with E-state index in [0.717, 1.165) is 39.7 Å². The van der Waals surface area contributed by atoms with E-state index >= 15 is 0 Å². The number of nitrogens with one attached hydrogen (secondary N) is 1. The van der Waals surface area contributed by atoms with Gasteiger partial charge in [0.15, 0.2) is 0 Å². The zero-order chi connectivity index (χ0) is 13.9. The van der Waals surface area contributed by atoms with Crippen molar-refractivity contribution in [3.63, 3.8) is 0 Å². The summed E-state index contributed by atoms with van der Waals surface area (Å²) in [6.07, 6.45) is 4.33. The van der Waals surface area contributed by atoms with Gasteiger partial charge >= 0.3 is 0 Å². The highest BCUT2D eigenvalue weighted by Crippen LogP contribution is 2.30. The van der Waals surface area contributed by atoms with Gasteiger partial charge in [-0.2, -0.15) is 0 Å². The van der Waals surface area contributed by atoms with Crippen LogP contribution in [0.4, 0.5) is 0 Å². The average molecular weight is 334 g/mol. The van der Waals surface area contributed by atoms with Gasteiger partial charge in [-0.1, -0.05) is 19.1 Å². The second-order valence-corrected chi connectivity index (χ2v) is 5.61. The molecule has 104 valence electrons. The summed E-state index contributed by atoms with van der Waals surface area (Å²) in [6, 6.07) is 10.3. The summed E-state index contributed by atoms with van der Waals surface area (Å²) in [5.41, 5.74) is 2.06. The Hall–Kier alpha value is -1.52. The van der Waals surface area contributed by atoms with Crippen molar-refractivity contribution in [3.8, 4) is 0 Å². The molecule has 1 N–H and O–H groups in total. The van der Waals surface area contributed by atoms with Gasteiger partial charge in [-0.15, -0.1) is 0 Å². The van der Waals surface area contributed by atoms with Gasteiger partial charge in [-0.25, -0.2) is 0 Å². The molecule has 1 atom stereocenters. The summed E-state index contributed by atoms with van der Waals surface area (Å²) >= 11 is 3.53. The Labute approximate surface area is 126 Å². The van der Waals surface area contributed by atoms with Crippen molar-refractivity contribution >= 4 is 26.9 Å². The Morgan fingerprint density at radius 3 is 2.90 bits per heavy atom. The van der Waals surface area contributed by atoms with E-state index in [1.165, 1.54) is 0 Å². The quantitative estimate of drug-likeness (QED) is 0.736. The summed E-state index contributed by atoms with van der Waals surface area (Å²) in [6.45, 7) is 2.99. The van der Waals surface area contributed by atoms with Crippen molar-refractivity contribution in [3.05, 3.63) is 58.7 Å². The highest BCUT2D eigenvalue weighted by molar-refractivity contribution is 9.10. The van der Waals surface area contributed by atoms with Gasteiger partial charge in [0.05, 0.1) is 23.0 Å². The highest BCUT2D eigenvalue weighted by Gasteiger charge is 2.17. The highest BCUT2D eigenvalue weighted by atomic mass is 79.9. The molecular weight excluding hydrogens is 318 g/mol. The van der Waals surface area contributed by atoms with E-state index in [2.05, 4.69) is 40.3 Å². The van der Waals surface area contributed by atoms with Gasteiger partial charge in [-0.3, -0.25) is 0 Å². The van der Waals surface area contributed by atoms with Crippen LogP contribution in [0.5, 0.6) is 0 Å². The molecule has 0 radical (unpaired) electrons. The lowest BCUT2D eigenvalue weighted by Crippen LogP contribution is -2.22. The SMILES string of the molecule is CCNC(Cc1ccoc1)c1cc2cccc(Br)c2o1. The van der Waals surface area contributed by atoms with Crippen LogP contribution in [0, 0.1) is 0 Å². The number of para-hydroxylation sites is 1. The minimum Gasteiger partial charge on any atom is -0.472 e. The predicted molar refractivity (Wildman–Crippen MR) is 82.7 cm³/mol. The molecule has 3 aromatic rings. The normalized spacial score (nSPS) is 12.9. The third-order valence-electron chi connectivity index (χ3n) is 3.33. The van der Waals surface area contributed by atoms with Crippen molar-refractivity contribution in [2.24, 2.45) is 0 Å². The van der Waals surface area contributed by atoms with Gasteiger partial charge in [0.25, 0.3) is 0 Å². The molecule has 3 rings (SSSR count). The molecule has 0 aliphatic carbocycles. The molecular formula is C16H16BrNO2. The number of benzene rings is 1. The molecule has 0 bridgehead atoms. The Bertz CT molecular complexity index is 688. The molecule has 0 spiro atoms. The van der Waals surface area contributed by atoms with E-state index in [4.69, 9.17) is 8.83 Å². The molecule has 0 amide bonds. The van der Waals surface area contributed by atoms with E-state index in [1.54, 1.807) is 12.5 Å². The number of halogens is 1. The van der Waals surface area contributed by atoms with Gasteiger partial charge < -0.3 is 14.2 Å². The molecule has 0 saturated carbocycles. The number of rotatable bonds is 5. The summed E-state index contributed by atoms with van der Waals surface area (Å²) in [7, 11) is 0. The molecule has 4 heteroatoms. The lowest BCUT2D eigenvalue weighted by Gasteiger charge is -2.14. The molecule has 0 saturated heterocycles. The number of hydrogen-bond donors (Lipinski definition) is 1. The van der Waals surface area contributed by atoms with Crippen LogP contribution in [0.1, 0.15) is 24.3 Å². The molecule has 3 nitrogen and oxygen atoms in total. The predicted octanol–water partition coefficient (Wildman–Crippen LogP) is 4.68. The number of furan rings is 2. The third kappa shape index (κ3) is 2.67. The lowest BCUT2D eigenvalue weighted by atomic mass is 10.1. The van der Waals surface area contributed by atoms with Crippen molar-refractivity contribution in [1.29, 1.82) is 0 Å². The van der Waals surface area contributed by atoms with Crippen LogP contribution >= 0.6 is 15.9 Å². The van der Waals surface area contributed by atoms with Crippen LogP contribution in [0.3, 0.4) is 0 Å². The molecule has 1 unspecified atom stereocenters. The molecule has 20 heavy (non-hydrogen) atoms. The fraction of sp³-hybridized carbons (Fsp3) is 0.250. The number of likely N-dealkylation sites (N-methyl/N-ethyl adjacent to an activating group) is 1. The average Bonchev–Trinajstić information content (AvgIpc) is 3.07. The first-order chi connectivity index (χ1) is 9.78. The lowest BCUT2D eigenvalue weighted by molar-refractivity contribution is 0.433. The van der Waals surface area contributed by atoms with Gasteiger partial charge in [0, 0.05) is 5.39 Å². The van der Waals surface area contributed by atoms with E-state index < -0.39 is 0 Å². The topological polar surface area (TPSA) is 38.3 Å². The van der Waals surface area contributed by atoms with Crippen LogP contribution < -0.4 is 5.32 Å². The first-order valence-electron chi connectivity index (χ1n) is 6.70. The van der Waals surface area contributed by atoms with Crippen LogP contribution in [-0.2, 0) is 6.42 Å². The van der Waals surface area contributed by atoms with Gasteiger partial charge in [0.1, 0.15) is 11.3 Å². The molecule has 2 aromatic heterocycles. The number of hydrogen-bond acceptors (Lipinski definition) is 3. The number of fused-ring (bicyclic) bond motifs is 1. The summed E-state index contributed by atoms with van der Waals surface area (Å²) < 4.78 is 12.1. The van der Waals surface area contributed by atoms with Crippen LogP contribution in [0.15, 0.2) is 56.2 Å². The minimum atomic E-state index is 0.150. The molecule has 1 aromatic carbocycles. The van der Waals surface area contributed by atoms with Crippen LogP contribution in [-0.4, -0.2) is 6.54 Å². The molecule has 0 aliphatic heterocycles. The maximum atomic E-state index is 6.02. The van der Waals surface area contributed by atoms with Crippen LogP contribution in [0.25, 0.3) is 11.0 Å². The molecule has 2 heterocycles. The van der Waals surface area contributed by atoms with Gasteiger partial charge in [-0.05, 0) is 52.7 Å². The van der Waals surface area contributed by atoms with E-state index in [9.17, 15) is 0 Å².